The van der Waals surface area contributed by atoms with E-state index in [1.165, 1.54) is 6.20 Å². The molecule has 0 spiro atoms. The van der Waals surface area contributed by atoms with Crippen LogP contribution in [0.4, 0.5) is 5.69 Å². The first-order valence-corrected chi connectivity index (χ1v) is 9.91. The van der Waals surface area contributed by atoms with Gasteiger partial charge in [-0.25, -0.2) is 8.42 Å². The van der Waals surface area contributed by atoms with Crippen LogP contribution in [0.25, 0.3) is 10.9 Å². The first kappa shape index (κ1) is 17.4. The summed E-state index contributed by atoms with van der Waals surface area (Å²) in [6.45, 7) is 7.44. The van der Waals surface area contributed by atoms with Crippen LogP contribution in [0, 0.1) is 6.92 Å². The highest BCUT2D eigenvalue weighted by molar-refractivity contribution is 7.91. The molecule has 0 amide bonds. The number of nitrogens with zero attached hydrogens (tertiary/aromatic N) is 2. The average molecular weight is 354 g/mol. The van der Waals surface area contributed by atoms with Crippen molar-refractivity contribution in [3.05, 3.63) is 60.3 Å². The number of anilines is 1. The van der Waals surface area contributed by atoms with Crippen molar-refractivity contribution in [2.24, 2.45) is 0 Å². The Morgan fingerprint density at radius 3 is 2.24 bits per heavy atom. The monoisotopic (exact) mass is 354 g/mol. The standard InChI is InChI=1S/C20H22N2O2S/c1-4-22(5-2)20-17-8-6-7-9-18(17)21-14-19(20)25(23,24)16-12-10-15(3)11-13-16/h6-14H,4-5H2,1-3H3. The molecule has 0 N–H and O–H groups in total. The van der Waals surface area contributed by atoms with Crippen LogP contribution in [0.1, 0.15) is 19.4 Å². The van der Waals surface area contributed by atoms with E-state index in [1.807, 2.05) is 57.2 Å². The third-order valence-electron chi connectivity index (χ3n) is 4.41. The van der Waals surface area contributed by atoms with Crippen LogP contribution in [-0.2, 0) is 9.84 Å². The van der Waals surface area contributed by atoms with Crippen molar-refractivity contribution in [2.75, 3.05) is 18.0 Å². The lowest BCUT2D eigenvalue weighted by Gasteiger charge is -2.25. The van der Waals surface area contributed by atoms with Crippen molar-refractivity contribution >= 4 is 26.4 Å². The number of fused-ring (bicyclic) bond motifs is 1. The molecule has 0 bridgehead atoms. The molecule has 1 heterocycles. The molecule has 25 heavy (non-hydrogen) atoms. The molecule has 0 aliphatic carbocycles. The highest BCUT2D eigenvalue weighted by Gasteiger charge is 2.25. The number of rotatable bonds is 5. The van der Waals surface area contributed by atoms with Gasteiger partial charge in [0.2, 0.25) is 9.84 Å². The van der Waals surface area contributed by atoms with E-state index in [1.54, 1.807) is 12.1 Å². The molecule has 0 aliphatic heterocycles. The summed E-state index contributed by atoms with van der Waals surface area (Å²) in [6, 6.07) is 14.6. The summed E-state index contributed by atoms with van der Waals surface area (Å²) in [6.07, 6.45) is 1.49. The van der Waals surface area contributed by atoms with E-state index in [2.05, 4.69) is 9.88 Å². The topological polar surface area (TPSA) is 50.3 Å². The minimum atomic E-state index is -3.65. The van der Waals surface area contributed by atoms with E-state index < -0.39 is 9.84 Å². The van der Waals surface area contributed by atoms with Gasteiger partial charge in [-0.15, -0.1) is 0 Å². The Kier molecular flexibility index (Phi) is 4.77. The molecule has 0 fully saturated rings. The van der Waals surface area contributed by atoms with Crippen molar-refractivity contribution < 1.29 is 8.42 Å². The Hall–Kier alpha value is -2.40. The van der Waals surface area contributed by atoms with Crippen LogP contribution in [0.2, 0.25) is 0 Å². The van der Waals surface area contributed by atoms with E-state index in [9.17, 15) is 8.42 Å². The number of aromatic nitrogens is 1. The van der Waals surface area contributed by atoms with Gasteiger partial charge in [0, 0.05) is 24.7 Å². The zero-order chi connectivity index (χ0) is 18.0. The third-order valence-corrected chi connectivity index (χ3v) is 6.18. The molecule has 3 rings (SSSR count). The highest BCUT2D eigenvalue weighted by Crippen LogP contribution is 2.35. The van der Waals surface area contributed by atoms with Crippen molar-refractivity contribution in [1.29, 1.82) is 0 Å². The maximum atomic E-state index is 13.3. The fourth-order valence-corrected chi connectivity index (χ4v) is 4.45. The Morgan fingerprint density at radius 1 is 0.960 bits per heavy atom. The summed E-state index contributed by atoms with van der Waals surface area (Å²) < 4.78 is 26.6. The Morgan fingerprint density at radius 2 is 1.60 bits per heavy atom. The summed E-state index contributed by atoms with van der Waals surface area (Å²) in [5.41, 5.74) is 2.56. The van der Waals surface area contributed by atoms with Crippen molar-refractivity contribution in [1.82, 2.24) is 4.98 Å². The minimum absolute atomic E-state index is 0.263. The number of para-hydroxylation sites is 1. The van der Waals surface area contributed by atoms with E-state index in [0.717, 1.165) is 35.2 Å². The fourth-order valence-electron chi connectivity index (χ4n) is 3.02. The number of hydrogen-bond donors (Lipinski definition) is 0. The van der Waals surface area contributed by atoms with Gasteiger partial charge in [-0.2, -0.15) is 0 Å². The predicted molar refractivity (Wildman–Crippen MR) is 102 cm³/mol. The second-order valence-electron chi connectivity index (χ2n) is 5.98. The van der Waals surface area contributed by atoms with E-state index in [4.69, 9.17) is 0 Å². The Balaban J connectivity index is 2.31. The van der Waals surface area contributed by atoms with Crippen LogP contribution < -0.4 is 4.90 Å². The summed E-state index contributed by atoms with van der Waals surface area (Å²) in [7, 11) is -3.65. The van der Waals surface area contributed by atoms with Gasteiger partial charge < -0.3 is 4.90 Å². The number of aryl methyl sites for hydroxylation is 1. The molecule has 0 saturated carbocycles. The predicted octanol–water partition coefficient (Wildman–Crippen LogP) is 4.22. The van der Waals surface area contributed by atoms with Gasteiger partial charge >= 0.3 is 0 Å². The lowest BCUT2D eigenvalue weighted by molar-refractivity contribution is 0.595. The molecular formula is C20H22N2O2S. The van der Waals surface area contributed by atoms with E-state index in [-0.39, 0.29) is 4.90 Å². The van der Waals surface area contributed by atoms with Gasteiger partial charge in [0.1, 0.15) is 4.90 Å². The average Bonchev–Trinajstić information content (AvgIpc) is 2.63. The second-order valence-corrected chi connectivity index (χ2v) is 7.90. The van der Waals surface area contributed by atoms with E-state index in [0.29, 0.717) is 4.90 Å². The molecule has 1 aromatic heterocycles. The zero-order valence-corrected chi connectivity index (χ0v) is 15.5. The van der Waals surface area contributed by atoms with Crippen LogP contribution in [0.5, 0.6) is 0 Å². The second kappa shape index (κ2) is 6.84. The Bertz CT molecular complexity index is 992. The SMILES string of the molecule is CCN(CC)c1c(S(=O)(=O)c2ccc(C)cc2)cnc2ccccc12. The maximum absolute atomic E-state index is 13.3. The fraction of sp³-hybridized carbons (Fsp3) is 0.250. The highest BCUT2D eigenvalue weighted by atomic mass is 32.2. The number of hydrogen-bond acceptors (Lipinski definition) is 4. The van der Waals surface area contributed by atoms with Gasteiger partial charge in [-0.3, -0.25) is 4.98 Å². The zero-order valence-electron chi connectivity index (χ0n) is 14.7. The van der Waals surface area contributed by atoms with Crippen LogP contribution >= 0.6 is 0 Å². The molecule has 0 radical (unpaired) electrons. The molecule has 0 aliphatic rings. The van der Waals surface area contributed by atoms with Crippen LogP contribution in [-0.4, -0.2) is 26.5 Å². The largest absolute Gasteiger partial charge is 0.370 e. The number of pyridine rings is 1. The molecule has 130 valence electrons. The summed E-state index contributed by atoms with van der Waals surface area (Å²) in [5.74, 6) is 0. The molecule has 4 nitrogen and oxygen atoms in total. The molecular weight excluding hydrogens is 332 g/mol. The van der Waals surface area contributed by atoms with Crippen molar-refractivity contribution in [2.45, 2.75) is 30.6 Å². The van der Waals surface area contributed by atoms with Gasteiger partial charge in [0.25, 0.3) is 0 Å². The molecule has 0 unspecified atom stereocenters. The van der Waals surface area contributed by atoms with Crippen molar-refractivity contribution in [3.63, 3.8) is 0 Å². The van der Waals surface area contributed by atoms with Crippen LogP contribution in [0.3, 0.4) is 0 Å². The van der Waals surface area contributed by atoms with Gasteiger partial charge in [-0.1, -0.05) is 35.9 Å². The molecule has 0 saturated heterocycles. The lowest BCUT2D eigenvalue weighted by atomic mass is 10.1. The number of benzene rings is 2. The van der Waals surface area contributed by atoms with Gasteiger partial charge in [0.05, 0.1) is 16.1 Å². The summed E-state index contributed by atoms with van der Waals surface area (Å²) in [4.78, 5) is 7.03. The molecule has 5 heteroatoms. The number of sulfone groups is 1. The third kappa shape index (κ3) is 3.12. The molecule has 3 aromatic rings. The van der Waals surface area contributed by atoms with Crippen molar-refractivity contribution in [3.8, 4) is 0 Å². The summed E-state index contributed by atoms with van der Waals surface area (Å²) >= 11 is 0. The minimum Gasteiger partial charge on any atom is -0.370 e. The lowest BCUT2D eigenvalue weighted by Crippen LogP contribution is -2.24. The first-order valence-electron chi connectivity index (χ1n) is 8.43. The van der Waals surface area contributed by atoms with Gasteiger partial charge in [0.15, 0.2) is 0 Å². The van der Waals surface area contributed by atoms with Gasteiger partial charge in [-0.05, 0) is 39.0 Å². The molecule has 2 aromatic carbocycles. The van der Waals surface area contributed by atoms with Crippen LogP contribution in [0.15, 0.2) is 64.5 Å². The Labute approximate surface area is 149 Å². The quantitative estimate of drug-likeness (QED) is 0.688. The maximum Gasteiger partial charge on any atom is 0.210 e. The smallest absolute Gasteiger partial charge is 0.210 e. The normalized spacial score (nSPS) is 11.6. The summed E-state index contributed by atoms with van der Waals surface area (Å²) in [5, 5.41) is 0.861. The van der Waals surface area contributed by atoms with E-state index >= 15 is 0 Å². The first-order chi connectivity index (χ1) is 12.0. The molecule has 0 atom stereocenters.